The van der Waals surface area contributed by atoms with Crippen molar-refractivity contribution in [3.05, 3.63) is 0 Å². The molecular weight excluding hydrogens is 474 g/mol. The monoisotopic (exact) mass is 513 g/mol. The summed E-state index contributed by atoms with van der Waals surface area (Å²) in [6.07, 6.45) is -12.9. The van der Waals surface area contributed by atoms with Gasteiger partial charge in [0.1, 0.15) is 36.6 Å². The molecule has 3 saturated heterocycles. The maximum Gasteiger partial charge on any atom is 0.176 e. The molecule has 0 saturated carbocycles. The largest absolute Gasteiger partial charge is 0.394 e. The van der Waals surface area contributed by atoms with E-state index in [0.717, 1.165) is 0 Å². The van der Waals surface area contributed by atoms with E-state index in [2.05, 4.69) is 0 Å². The van der Waals surface area contributed by atoms with Crippen LogP contribution < -0.4 is 17.2 Å². The third-order valence-corrected chi connectivity index (χ3v) is 6.94. The van der Waals surface area contributed by atoms with E-state index in [-0.39, 0.29) is 0 Å². The zero-order chi connectivity index (χ0) is 26.0. The highest BCUT2D eigenvalue weighted by Gasteiger charge is 2.52. The van der Waals surface area contributed by atoms with Gasteiger partial charge in [0.05, 0.1) is 50.2 Å². The van der Waals surface area contributed by atoms with Gasteiger partial charge < -0.3 is 76.3 Å². The molecule has 0 amide bonds. The maximum atomic E-state index is 10.9. The van der Waals surface area contributed by atoms with Gasteiger partial charge in [0.25, 0.3) is 0 Å². The lowest BCUT2D eigenvalue weighted by Gasteiger charge is -2.49. The lowest BCUT2D eigenvalue weighted by Crippen LogP contribution is -2.69. The number of methoxy groups -OCH3 is 1. The van der Waals surface area contributed by atoms with Crippen molar-refractivity contribution in [2.24, 2.45) is 23.1 Å². The first-order valence-electron chi connectivity index (χ1n) is 11.5. The molecule has 3 aliphatic rings. The Hall–Kier alpha value is -0.600. The summed E-state index contributed by atoms with van der Waals surface area (Å²) in [5.74, 6) is -0.469. The lowest BCUT2D eigenvalue weighted by molar-refractivity contribution is -0.347. The standard InChI is InChI=1S/C20H39N3O12/c1-6-7(3-24)31-19(10(21)13(6)27)34-17-9(5-26)33-20(12(23)15(17)29)35-16-8(4-25)32-18(30-2)11(22)14(16)28/h6-20,24-29H,3-5,21-23H2,1-2H3/t6-,7+,8+,9?,10?,11?,12?,13?,14?,15-,16-,17-,18-,19+,20+/m1/s1. The summed E-state index contributed by atoms with van der Waals surface area (Å²) >= 11 is 0. The Kier molecular flexibility index (Phi) is 10.2. The van der Waals surface area contributed by atoms with Crippen LogP contribution >= 0.6 is 0 Å². The first-order valence-corrected chi connectivity index (χ1v) is 11.5. The predicted molar refractivity (Wildman–Crippen MR) is 115 cm³/mol. The molecule has 0 aromatic carbocycles. The minimum atomic E-state index is -1.47. The molecule has 0 bridgehead atoms. The van der Waals surface area contributed by atoms with Crippen LogP contribution in [0.3, 0.4) is 0 Å². The molecule has 12 N–H and O–H groups in total. The zero-order valence-electron chi connectivity index (χ0n) is 19.6. The van der Waals surface area contributed by atoms with Crippen LogP contribution in [-0.4, -0.2) is 143 Å². The van der Waals surface area contributed by atoms with Crippen molar-refractivity contribution in [1.29, 1.82) is 0 Å². The van der Waals surface area contributed by atoms with E-state index in [1.54, 1.807) is 6.92 Å². The Labute approximate surface area is 202 Å². The van der Waals surface area contributed by atoms with Gasteiger partial charge in [0.15, 0.2) is 18.9 Å². The van der Waals surface area contributed by atoms with Crippen molar-refractivity contribution in [1.82, 2.24) is 0 Å². The van der Waals surface area contributed by atoms with Gasteiger partial charge in [-0.25, -0.2) is 0 Å². The average molecular weight is 514 g/mol. The number of rotatable bonds is 8. The molecule has 3 rings (SSSR count). The molecule has 0 aromatic rings. The average Bonchev–Trinajstić information content (AvgIpc) is 2.86. The van der Waals surface area contributed by atoms with E-state index < -0.39 is 112 Å². The molecule has 0 spiro atoms. The van der Waals surface area contributed by atoms with Gasteiger partial charge in [0, 0.05) is 13.0 Å². The molecule has 3 heterocycles. The maximum absolute atomic E-state index is 10.9. The van der Waals surface area contributed by atoms with Gasteiger partial charge in [-0.2, -0.15) is 0 Å². The number of nitrogens with two attached hydrogens (primary N) is 3. The first-order chi connectivity index (χ1) is 16.6. The van der Waals surface area contributed by atoms with Crippen molar-refractivity contribution in [2.75, 3.05) is 26.9 Å². The van der Waals surface area contributed by atoms with Crippen molar-refractivity contribution < 1.29 is 59.1 Å². The first kappa shape index (κ1) is 29.0. The second-order valence-electron chi connectivity index (χ2n) is 9.18. The molecule has 15 heteroatoms. The number of aliphatic hydroxyl groups excluding tert-OH is 6. The van der Waals surface area contributed by atoms with Crippen molar-refractivity contribution in [3.63, 3.8) is 0 Å². The topological polar surface area (TPSA) is 255 Å². The fourth-order valence-corrected chi connectivity index (χ4v) is 4.61. The molecule has 0 aliphatic carbocycles. The van der Waals surface area contributed by atoms with E-state index in [1.807, 2.05) is 0 Å². The fourth-order valence-electron chi connectivity index (χ4n) is 4.61. The van der Waals surface area contributed by atoms with Crippen LogP contribution in [0.5, 0.6) is 0 Å². The normalized spacial score (nSPS) is 51.3. The van der Waals surface area contributed by atoms with E-state index >= 15 is 0 Å². The van der Waals surface area contributed by atoms with Crippen molar-refractivity contribution in [3.8, 4) is 0 Å². The highest BCUT2D eigenvalue weighted by molar-refractivity contribution is 4.98. The zero-order valence-corrected chi connectivity index (χ0v) is 19.6. The molecule has 15 nitrogen and oxygen atoms in total. The van der Waals surface area contributed by atoms with Crippen LogP contribution in [0.2, 0.25) is 0 Å². The van der Waals surface area contributed by atoms with Crippen LogP contribution in [0.15, 0.2) is 0 Å². The number of hydrogen-bond acceptors (Lipinski definition) is 15. The second kappa shape index (κ2) is 12.3. The highest BCUT2D eigenvalue weighted by atomic mass is 16.7. The van der Waals surface area contributed by atoms with Crippen LogP contribution in [0.25, 0.3) is 0 Å². The SMILES string of the molecule is CO[C@@H]1O[C@@H](CO)[C@@H](O[C@@H]2OC(CO)[C@@H](O[C@@H]3O[C@@H](CO)[C@@H](C)C(O)C3N)[C@H](O)C2N)C(O)C1N. The summed E-state index contributed by atoms with van der Waals surface area (Å²) in [6, 6.07) is -3.27. The third-order valence-electron chi connectivity index (χ3n) is 6.94. The smallest absolute Gasteiger partial charge is 0.176 e. The predicted octanol–water partition coefficient (Wildman–Crippen LogP) is -5.74. The van der Waals surface area contributed by atoms with Gasteiger partial charge in [-0.3, -0.25) is 0 Å². The van der Waals surface area contributed by atoms with Crippen LogP contribution in [0.1, 0.15) is 6.92 Å². The summed E-state index contributed by atoms with van der Waals surface area (Å²) in [5, 5.41) is 61.0. The minimum Gasteiger partial charge on any atom is -0.394 e. The number of hydrogen-bond donors (Lipinski definition) is 9. The fraction of sp³-hybridized carbons (Fsp3) is 1.00. The van der Waals surface area contributed by atoms with E-state index in [4.69, 9.17) is 45.6 Å². The lowest BCUT2D eigenvalue weighted by atomic mass is 9.89. The number of ether oxygens (including phenoxy) is 6. The van der Waals surface area contributed by atoms with Crippen LogP contribution in [0, 0.1) is 5.92 Å². The van der Waals surface area contributed by atoms with Crippen molar-refractivity contribution in [2.45, 2.75) is 92.8 Å². The summed E-state index contributed by atoms with van der Waals surface area (Å²) < 4.78 is 33.5. The molecule has 15 atom stereocenters. The summed E-state index contributed by atoms with van der Waals surface area (Å²) in [5.41, 5.74) is 18.1. The van der Waals surface area contributed by atoms with Crippen LogP contribution in [-0.2, 0) is 28.4 Å². The summed E-state index contributed by atoms with van der Waals surface area (Å²) in [7, 11) is 1.33. The molecule has 3 fully saturated rings. The Balaban J connectivity index is 1.72. The minimum absolute atomic E-state index is 0.392. The third kappa shape index (κ3) is 5.79. The highest BCUT2D eigenvalue weighted by Crippen LogP contribution is 2.32. The number of aliphatic hydroxyl groups is 6. The van der Waals surface area contributed by atoms with E-state index in [9.17, 15) is 30.6 Å². The molecule has 3 aliphatic heterocycles. The summed E-state index contributed by atoms with van der Waals surface area (Å²) in [6.45, 7) is 0.102. The van der Waals surface area contributed by atoms with Gasteiger partial charge in [-0.1, -0.05) is 6.92 Å². The summed E-state index contributed by atoms with van der Waals surface area (Å²) in [4.78, 5) is 0. The Bertz CT molecular complexity index is 661. The Morgan fingerprint density at radius 2 is 1.00 bits per heavy atom. The molecule has 0 radical (unpaired) electrons. The van der Waals surface area contributed by atoms with Gasteiger partial charge in [0.2, 0.25) is 0 Å². The molecule has 6 unspecified atom stereocenters. The molecule has 206 valence electrons. The molecule has 0 aromatic heterocycles. The van der Waals surface area contributed by atoms with Gasteiger partial charge >= 0.3 is 0 Å². The van der Waals surface area contributed by atoms with Crippen molar-refractivity contribution >= 4 is 0 Å². The Morgan fingerprint density at radius 1 is 0.629 bits per heavy atom. The van der Waals surface area contributed by atoms with E-state index in [1.165, 1.54) is 7.11 Å². The van der Waals surface area contributed by atoms with Gasteiger partial charge in [-0.15, -0.1) is 0 Å². The second-order valence-corrected chi connectivity index (χ2v) is 9.18. The van der Waals surface area contributed by atoms with Crippen LogP contribution in [0.4, 0.5) is 0 Å². The molecular formula is C20H39N3O12. The van der Waals surface area contributed by atoms with E-state index in [0.29, 0.717) is 0 Å². The molecule has 35 heavy (non-hydrogen) atoms. The Morgan fingerprint density at radius 3 is 1.43 bits per heavy atom. The van der Waals surface area contributed by atoms with Gasteiger partial charge in [-0.05, 0) is 0 Å². The quantitative estimate of drug-likeness (QED) is 0.146.